The highest BCUT2D eigenvalue weighted by Gasteiger charge is 2.40. The van der Waals surface area contributed by atoms with E-state index < -0.39 is 23.3 Å². The Balaban J connectivity index is 2.08. The first-order chi connectivity index (χ1) is 11.0. The summed E-state index contributed by atoms with van der Waals surface area (Å²) in [6.45, 7) is 1.64. The summed E-state index contributed by atoms with van der Waals surface area (Å²) in [6, 6.07) is 4.18. The standard InChI is InChI=1S/C15H15F2N5O/c1-11(22-6-2-5-19-22)15(23,8-21-10-18-9-20-21)13-4-3-12(16)7-14(13)17/h2-7,9-11,23H,8H2,1H3/t11-,15-/m1/s1. The van der Waals surface area contributed by atoms with Gasteiger partial charge in [-0.05, 0) is 19.1 Å². The molecule has 3 rings (SSSR count). The fourth-order valence-electron chi connectivity index (χ4n) is 2.57. The van der Waals surface area contributed by atoms with Crippen LogP contribution in [-0.2, 0) is 12.1 Å². The Morgan fingerprint density at radius 3 is 2.74 bits per heavy atom. The first-order valence-electron chi connectivity index (χ1n) is 7.00. The Morgan fingerprint density at radius 2 is 2.13 bits per heavy atom. The van der Waals surface area contributed by atoms with Gasteiger partial charge in [0.15, 0.2) is 0 Å². The topological polar surface area (TPSA) is 68.8 Å². The second-order valence-corrected chi connectivity index (χ2v) is 5.30. The van der Waals surface area contributed by atoms with Crippen LogP contribution in [0.5, 0.6) is 0 Å². The largest absolute Gasteiger partial charge is 0.381 e. The Bertz CT molecular complexity index is 775. The summed E-state index contributed by atoms with van der Waals surface area (Å²) in [5, 5.41) is 19.3. The van der Waals surface area contributed by atoms with Crippen molar-refractivity contribution in [1.82, 2.24) is 24.5 Å². The molecule has 0 fully saturated rings. The molecule has 2 aromatic heterocycles. The molecule has 120 valence electrons. The van der Waals surface area contributed by atoms with E-state index in [1.165, 1.54) is 28.1 Å². The van der Waals surface area contributed by atoms with Crippen molar-refractivity contribution in [2.75, 3.05) is 0 Å². The van der Waals surface area contributed by atoms with Gasteiger partial charge in [0.2, 0.25) is 0 Å². The van der Waals surface area contributed by atoms with Gasteiger partial charge in [0, 0.05) is 24.0 Å². The van der Waals surface area contributed by atoms with Crippen molar-refractivity contribution in [1.29, 1.82) is 0 Å². The molecule has 0 amide bonds. The van der Waals surface area contributed by atoms with Crippen LogP contribution in [0.15, 0.2) is 49.3 Å². The van der Waals surface area contributed by atoms with Crippen molar-refractivity contribution >= 4 is 0 Å². The highest BCUT2D eigenvalue weighted by molar-refractivity contribution is 5.26. The average molecular weight is 319 g/mol. The van der Waals surface area contributed by atoms with E-state index in [0.717, 1.165) is 12.1 Å². The van der Waals surface area contributed by atoms with E-state index in [-0.39, 0.29) is 12.1 Å². The van der Waals surface area contributed by atoms with Crippen molar-refractivity contribution in [3.8, 4) is 0 Å². The van der Waals surface area contributed by atoms with Gasteiger partial charge in [0.05, 0.1) is 12.6 Å². The molecule has 0 unspecified atom stereocenters. The van der Waals surface area contributed by atoms with Crippen LogP contribution in [0, 0.1) is 11.6 Å². The lowest BCUT2D eigenvalue weighted by Crippen LogP contribution is -2.40. The van der Waals surface area contributed by atoms with Crippen molar-refractivity contribution in [3.05, 3.63) is 66.5 Å². The summed E-state index contributed by atoms with van der Waals surface area (Å²) >= 11 is 0. The smallest absolute Gasteiger partial charge is 0.137 e. The van der Waals surface area contributed by atoms with E-state index in [1.54, 1.807) is 25.4 Å². The fourth-order valence-corrected chi connectivity index (χ4v) is 2.57. The van der Waals surface area contributed by atoms with Gasteiger partial charge >= 0.3 is 0 Å². The second-order valence-electron chi connectivity index (χ2n) is 5.30. The van der Waals surface area contributed by atoms with E-state index >= 15 is 0 Å². The zero-order chi connectivity index (χ0) is 16.4. The molecule has 0 spiro atoms. The number of aromatic nitrogens is 5. The molecular weight excluding hydrogens is 304 g/mol. The minimum atomic E-state index is -1.70. The molecule has 3 aromatic rings. The van der Waals surface area contributed by atoms with Crippen LogP contribution in [-0.4, -0.2) is 29.7 Å². The molecule has 2 heterocycles. The minimum Gasteiger partial charge on any atom is -0.381 e. The molecule has 0 bridgehead atoms. The lowest BCUT2D eigenvalue weighted by molar-refractivity contribution is -0.0369. The molecule has 8 heteroatoms. The third kappa shape index (κ3) is 2.85. The van der Waals surface area contributed by atoms with Crippen LogP contribution in [0.4, 0.5) is 8.78 Å². The van der Waals surface area contributed by atoms with E-state index in [2.05, 4.69) is 15.2 Å². The fraction of sp³-hybridized carbons (Fsp3) is 0.267. The highest BCUT2D eigenvalue weighted by Crippen LogP contribution is 2.36. The van der Waals surface area contributed by atoms with E-state index in [9.17, 15) is 13.9 Å². The van der Waals surface area contributed by atoms with E-state index in [1.807, 2.05) is 0 Å². The van der Waals surface area contributed by atoms with Crippen molar-refractivity contribution < 1.29 is 13.9 Å². The molecule has 0 aliphatic carbocycles. The lowest BCUT2D eigenvalue weighted by Gasteiger charge is -2.34. The lowest BCUT2D eigenvalue weighted by atomic mass is 9.86. The first-order valence-corrected chi connectivity index (χ1v) is 7.00. The summed E-state index contributed by atoms with van der Waals surface area (Å²) in [7, 11) is 0. The Labute approximate surface area is 131 Å². The summed E-state index contributed by atoms with van der Waals surface area (Å²) in [6.07, 6.45) is 5.97. The molecule has 6 nitrogen and oxygen atoms in total. The number of rotatable bonds is 5. The molecule has 0 aliphatic rings. The Kier molecular flexibility index (Phi) is 3.91. The van der Waals surface area contributed by atoms with Crippen molar-refractivity contribution in [3.63, 3.8) is 0 Å². The van der Waals surface area contributed by atoms with Gasteiger partial charge in [0.1, 0.15) is 29.9 Å². The summed E-state index contributed by atoms with van der Waals surface area (Å²) in [4.78, 5) is 3.82. The molecule has 0 saturated heterocycles. The average Bonchev–Trinajstić information content (AvgIpc) is 3.19. The SMILES string of the molecule is C[C@@H](n1cccn1)[C@](O)(Cn1cncn1)c1ccc(F)cc1F. The monoisotopic (exact) mass is 319 g/mol. The number of hydrogen-bond donors (Lipinski definition) is 1. The van der Waals surface area contributed by atoms with Crippen LogP contribution >= 0.6 is 0 Å². The zero-order valence-electron chi connectivity index (χ0n) is 12.3. The molecule has 23 heavy (non-hydrogen) atoms. The van der Waals surface area contributed by atoms with E-state index in [0.29, 0.717) is 0 Å². The maximum Gasteiger partial charge on any atom is 0.137 e. The Hall–Kier alpha value is -2.61. The van der Waals surface area contributed by atoms with Crippen molar-refractivity contribution in [2.45, 2.75) is 25.1 Å². The molecule has 1 N–H and O–H groups in total. The second kappa shape index (κ2) is 5.88. The van der Waals surface area contributed by atoms with Gasteiger partial charge in [-0.2, -0.15) is 10.2 Å². The van der Waals surface area contributed by atoms with Gasteiger partial charge < -0.3 is 5.11 Å². The normalized spacial score (nSPS) is 15.3. The zero-order valence-corrected chi connectivity index (χ0v) is 12.3. The first kappa shape index (κ1) is 15.3. The molecule has 0 saturated carbocycles. The van der Waals surface area contributed by atoms with Crippen LogP contribution < -0.4 is 0 Å². The van der Waals surface area contributed by atoms with Crippen LogP contribution in [0.1, 0.15) is 18.5 Å². The summed E-state index contributed by atoms with van der Waals surface area (Å²) < 4.78 is 30.4. The van der Waals surface area contributed by atoms with Gasteiger partial charge in [0.25, 0.3) is 0 Å². The number of aliphatic hydroxyl groups is 1. The maximum atomic E-state index is 14.3. The third-order valence-corrected chi connectivity index (χ3v) is 3.88. The van der Waals surface area contributed by atoms with Crippen LogP contribution in [0.2, 0.25) is 0 Å². The van der Waals surface area contributed by atoms with Gasteiger partial charge in [-0.3, -0.25) is 4.68 Å². The number of nitrogens with zero attached hydrogens (tertiary/aromatic N) is 5. The molecule has 1 aromatic carbocycles. The van der Waals surface area contributed by atoms with Crippen LogP contribution in [0.3, 0.4) is 0 Å². The highest BCUT2D eigenvalue weighted by atomic mass is 19.1. The van der Waals surface area contributed by atoms with Crippen molar-refractivity contribution in [2.24, 2.45) is 0 Å². The Morgan fingerprint density at radius 1 is 1.30 bits per heavy atom. The van der Waals surface area contributed by atoms with Crippen LogP contribution in [0.25, 0.3) is 0 Å². The van der Waals surface area contributed by atoms with Gasteiger partial charge in [-0.15, -0.1) is 0 Å². The quantitative estimate of drug-likeness (QED) is 0.780. The molecular formula is C15H15F2N5O. The molecule has 0 aliphatic heterocycles. The maximum absolute atomic E-state index is 14.3. The number of hydrogen-bond acceptors (Lipinski definition) is 4. The van der Waals surface area contributed by atoms with Gasteiger partial charge in [-0.1, -0.05) is 6.07 Å². The molecule has 0 radical (unpaired) electrons. The molecule has 2 atom stereocenters. The minimum absolute atomic E-state index is 0.0302. The number of halogens is 2. The predicted octanol–water partition coefficient (Wildman–Crippen LogP) is 1.90. The van der Waals surface area contributed by atoms with E-state index in [4.69, 9.17) is 0 Å². The summed E-state index contributed by atoms with van der Waals surface area (Å²) in [5.41, 5.74) is -1.73. The predicted molar refractivity (Wildman–Crippen MR) is 77.2 cm³/mol. The number of benzene rings is 1. The third-order valence-electron chi connectivity index (χ3n) is 3.88. The van der Waals surface area contributed by atoms with Gasteiger partial charge in [-0.25, -0.2) is 18.4 Å². The summed E-state index contributed by atoms with van der Waals surface area (Å²) in [5.74, 6) is -1.53.